The second kappa shape index (κ2) is 7.56. The first kappa shape index (κ1) is 17.8. The van der Waals surface area contributed by atoms with Crippen LogP contribution in [0.25, 0.3) is 17.1 Å². The van der Waals surface area contributed by atoms with E-state index in [4.69, 9.17) is 0 Å². The maximum absolute atomic E-state index is 12.1. The van der Waals surface area contributed by atoms with Crippen molar-refractivity contribution in [3.05, 3.63) is 59.7 Å². The smallest absolute Gasteiger partial charge is 0.230 e. The quantitative estimate of drug-likeness (QED) is 0.661. The largest absolute Gasteiger partial charge is 0.353 e. The highest BCUT2D eigenvalue weighted by Crippen LogP contribution is 2.29. The highest BCUT2D eigenvalue weighted by atomic mass is 32.2. The van der Waals surface area contributed by atoms with E-state index in [2.05, 4.69) is 65.8 Å². The minimum Gasteiger partial charge on any atom is -0.353 e. The first-order valence-electron chi connectivity index (χ1n) is 9.12. The highest BCUT2D eigenvalue weighted by Gasteiger charge is 2.24. The Kier molecular flexibility index (Phi) is 4.99. The van der Waals surface area contributed by atoms with Crippen LogP contribution in [0.1, 0.15) is 24.0 Å². The number of nitrogens with zero attached hydrogens (tertiary/aromatic N) is 3. The monoisotopic (exact) mass is 378 g/mol. The Morgan fingerprint density at radius 3 is 2.59 bits per heavy atom. The van der Waals surface area contributed by atoms with E-state index in [-0.39, 0.29) is 5.91 Å². The fourth-order valence-electron chi connectivity index (χ4n) is 2.89. The lowest BCUT2D eigenvalue weighted by molar-refractivity contribution is -0.118. The summed E-state index contributed by atoms with van der Waals surface area (Å²) < 4.78 is 2.03. The minimum absolute atomic E-state index is 0.0538. The molecule has 1 N–H and O–H groups in total. The van der Waals surface area contributed by atoms with Gasteiger partial charge in [0.2, 0.25) is 5.91 Å². The van der Waals surface area contributed by atoms with E-state index >= 15 is 0 Å². The number of carbonyl (C=O) groups excluding carboxylic acids is 1. The summed E-state index contributed by atoms with van der Waals surface area (Å²) in [7, 11) is 0. The van der Waals surface area contributed by atoms with Crippen LogP contribution in [0.3, 0.4) is 0 Å². The third kappa shape index (κ3) is 4.22. The maximum Gasteiger partial charge on any atom is 0.230 e. The number of aromatic nitrogens is 3. The van der Waals surface area contributed by atoms with Crippen molar-refractivity contribution < 1.29 is 4.79 Å². The van der Waals surface area contributed by atoms with Crippen molar-refractivity contribution in [2.24, 2.45) is 0 Å². The van der Waals surface area contributed by atoms with Crippen LogP contribution in [-0.4, -0.2) is 32.5 Å². The lowest BCUT2D eigenvalue weighted by atomic mass is 10.1. The van der Waals surface area contributed by atoms with Gasteiger partial charge in [0.05, 0.1) is 5.75 Å². The summed E-state index contributed by atoms with van der Waals surface area (Å²) in [6.07, 6.45) is 2.18. The molecule has 1 fully saturated rings. The number of benzene rings is 2. The Bertz CT molecular complexity index is 961. The van der Waals surface area contributed by atoms with Crippen LogP contribution in [-0.2, 0) is 4.79 Å². The molecule has 1 amide bonds. The second-order valence-corrected chi connectivity index (χ2v) is 7.92. The summed E-state index contributed by atoms with van der Waals surface area (Å²) in [6, 6.07) is 16.9. The zero-order valence-corrected chi connectivity index (χ0v) is 16.3. The molecule has 0 atom stereocenters. The zero-order chi connectivity index (χ0) is 18.8. The van der Waals surface area contributed by atoms with Crippen molar-refractivity contribution in [1.29, 1.82) is 0 Å². The summed E-state index contributed by atoms with van der Waals surface area (Å²) >= 11 is 1.42. The van der Waals surface area contributed by atoms with Gasteiger partial charge < -0.3 is 5.32 Å². The Morgan fingerprint density at radius 2 is 1.89 bits per heavy atom. The molecule has 1 saturated carbocycles. The number of thioether (sulfide) groups is 1. The Hall–Kier alpha value is -2.60. The van der Waals surface area contributed by atoms with Gasteiger partial charge in [-0.2, -0.15) is 0 Å². The molecule has 2 aromatic carbocycles. The summed E-state index contributed by atoms with van der Waals surface area (Å²) in [5, 5.41) is 12.6. The third-order valence-corrected chi connectivity index (χ3v) is 5.41. The van der Waals surface area contributed by atoms with Gasteiger partial charge in [0.1, 0.15) is 0 Å². The predicted molar refractivity (Wildman–Crippen MR) is 108 cm³/mol. The number of rotatable bonds is 6. The van der Waals surface area contributed by atoms with Gasteiger partial charge in [0.15, 0.2) is 11.0 Å². The Morgan fingerprint density at radius 1 is 1.11 bits per heavy atom. The fourth-order valence-corrected chi connectivity index (χ4v) is 3.65. The number of aryl methyl sites for hydroxylation is 2. The van der Waals surface area contributed by atoms with E-state index in [1.54, 1.807) is 0 Å². The topological polar surface area (TPSA) is 59.8 Å². The van der Waals surface area contributed by atoms with Crippen LogP contribution in [0.4, 0.5) is 0 Å². The van der Waals surface area contributed by atoms with E-state index in [1.165, 1.54) is 22.9 Å². The van der Waals surface area contributed by atoms with E-state index in [9.17, 15) is 4.79 Å². The molecule has 1 aromatic heterocycles. The average molecular weight is 379 g/mol. The van der Waals surface area contributed by atoms with Crippen molar-refractivity contribution in [2.45, 2.75) is 37.9 Å². The predicted octanol–water partition coefficient (Wildman–Crippen LogP) is 3.92. The molecule has 1 aliphatic carbocycles. The van der Waals surface area contributed by atoms with Crippen molar-refractivity contribution in [2.75, 3.05) is 5.75 Å². The number of nitrogens with one attached hydrogen (secondary N) is 1. The van der Waals surface area contributed by atoms with Crippen molar-refractivity contribution in [3.8, 4) is 17.1 Å². The van der Waals surface area contributed by atoms with Crippen LogP contribution in [0, 0.1) is 13.8 Å². The van der Waals surface area contributed by atoms with Gasteiger partial charge in [0.25, 0.3) is 0 Å². The molecule has 0 aliphatic heterocycles. The van der Waals surface area contributed by atoms with Gasteiger partial charge >= 0.3 is 0 Å². The van der Waals surface area contributed by atoms with Crippen LogP contribution in [0.5, 0.6) is 0 Å². The summed E-state index contributed by atoms with van der Waals surface area (Å²) in [5.41, 5.74) is 4.37. The molecule has 5 nitrogen and oxygen atoms in total. The Balaban J connectivity index is 1.67. The molecule has 3 aromatic rings. The molecule has 0 saturated heterocycles. The molecular weight excluding hydrogens is 356 g/mol. The zero-order valence-electron chi connectivity index (χ0n) is 15.5. The van der Waals surface area contributed by atoms with Crippen LogP contribution >= 0.6 is 11.8 Å². The lowest BCUT2D eigenvalue weighted by Crippen LogP contribution is -2.27. The van der Waals surface area contributed by atoms with E-state index in [0.29, 0.717) is 11.8 Å². The van der Waals surface area contributed by atoms with Crippen LogP contribution in [0.2, 0.25) is 0 Å². The number of hydrogen-bond donors (Lipinski definition) is 1. The molecule has 6 heteroatoms. The molecule has 0 spiro atoms. The van der Waals surface area contributed by atoms with Gasteiger partial charge in [-0.3, -0.25) is 9.36 Å². The van der Waals surface area contributed by atoms with Gasteiger partial charge in [-0.05, 0) is 44.9 Å². The molecule has 0 bridgehead atoms. The number of hydrogen-bond acceptors (Lipinski definition) is 4. The molecule has 4 rings (SSSR count). The molecule has 138 valence electrons. The van der Waals surface area contributed by atoms with Crippen molar-refractivity contribution in [1.82, 2.24) is 20.1 Å². The Labute approximate surface area is 163 Å². The van der Waals surface area contributed by atoms with Crippen molar-refractivity contribution >= 4 is 17.7 Å². The second-order valence-electron chi connectivity index (χ2n) is 6.98. The average Bonchev–Trinajstić information content (AvgIpc) is 3.36. The van der Waals surface area contributed by atoms with Crippen LogP contribution in [0.15, 0.2) is 53.7 Å². The third-order valence-electron chi connectivity index (χ3n) is 4.48. The summed E-state index contributed by atoms with van der Waals surface area (Å²) in [5.74, 6) is 1.18. The molecule has 1 heterocycles. The van der Waals surface area contributed by atoms with E-state index in [0.717, 1.165) is 35.1 Å². The van der Waals surface area contributed by atoms with Gasteiger partial charge in [-0.1, -0.05) is 53.2 Å². The molecule has 0 radical (unpaired) electrons. The summed E-state index contributed by atoms with van der Waals surface area (Å²) in [4.78, 5) is 12.1. The molecule has 0 unspecified atom stereocenters. The molecular formula is C21H22N4OS. The number of amides is 1. The van der Waals surface area contributed by atoms with Crippen LogP contribution < -0.4 is 5.32 Å². The normalized spacial score (nSPS) is 13.6. The SMILES string of the molecule is Cc1ccc(-n2c(SCC(=O)NC3CC3)nnc2-c2cccc(C)c2)cc1. The van der Waals surface area contributed by atoms with E-state index < -0.39 is 0 Å². The minimum atomic E-state index is 0.0538. The molecule has 1 aliphatic rings. The first-order valence-corrected chi connectivity index (χ1v) is 10.1. The summed E-state index contributed by atoms with van der Waals surface area (Å²) in [6.45, 7) is 4.13. The number of carbonyl (C=O) groups is 1. The standard InChI is InChI=1S/C21H22N4OS/c1-14-6-10-18(11-7-14)25-20(16-5-3-4-15(2)12-16)23-24-21(25)27-13-19(26)22-17-8-9-17/h3-7,10-12,17H,8-9,13H2,1-2H3,(H,22,26). The first-order chi connectivity index (χ1) is 13.1. The van der Waals surface area contributed by atoms with Gasteiger partial charge in [-0.25, -0.2) is 0 Å². The molecule has 27 heavy (non-hydrogen) atoms. The van der Waals surface area contributed by atoms with E-state index in [1.807, 2.05) is 16.7 Å². The fraction of sp³-hybridized carbons (Fsp3) is 0.286. The van der Waals surface area contributed by atoms with Gasteiger partial charge in [-0.15, -0.1) is 10.2 Å². The maximum atomic E-state index is 12.1. The highest BCUT2D eigenvalue weighted by molar-refractivity contribution is 7.99. The van der Waals surface area contributed by atoms with Crippen molar-refractivity contribution in [3.63, 3.8) is 0 Å². The van der Waals surface area contributed by atoms with Gasteiger partial charge in [0, 0.05) is 17.3 Å². The lowest BCUT2D eigenvalue weighted by Gasteiger charge is -2.11.